The lowest BCUT2D eigenvalue weighted by atomic mass is 10.5. The van der Waals surface area contributed by atoms with E-state index in [9.17, 15) is 4.79 Å². The molecule has 7 nitrogen and oxygen atoms in total. The Bertz CT molecular complexity index is 531. The van der Waals surface area contributed by atoms with Crippen molar-refractivity contribution in [1.82, 2.24) is 19.5 Å². The first-order valence-electron chi connectivity index (χ1n) is 4.41. The molecule has 2 aromatic rings. The predicted octanol–water partition coefficient (Wildman–Crippen LogP) is -0.473. The van der Waals surface area contributed by atoms with Gasteiger partial charge in [0.05, 0.1) is 0 Å². The number of rotatable bonds is 2. The second-order valence-corrected chi connectivity index (χ2v) is 2.98. The Balaban J connectivity index is 2.84. The van der Waals surface area contributed by atoms with Gasteiger partial charge < -0.3 is 16.0 Å². The van der Waals surface area contributed by atoms with Crippen molar-refractivity contribution in [3.63, 3.8) is 0 Å². The fourth-order valence-electron chi connectivity index (χ4n) is 1.44. The maximum Gasteiger partial charge on any atom is 0.284 e. The Kier molecular flexibility index (Phi) is 2.00. The maximum atomic E-state index is 11.1. The SMILES string of the molecule is CCn1c(C(N)=O)nc2c(N)ncnc21. The van der Waals surface area contributed by atoms with Crippen molar-refractivity contribution in [3.8, 4) is 0 Å². The predicted molar refractivity (Wildman–Crippen MR) is 53.9 cm³/mol. The van der Waals surface area contributed by atoms with Gasteiger partial charge in [0.25, 0.3) is 5.91 Å². The van der Waals surface area contributed by atoms with Crippen molar-refractivity contribution in [2.24, 2.45) is 5.73 Å². The lowest BCUT2D eigenvalue weighted by Gasteiger charge is -2.00. The molecular formula is C8H10N6O. The molecule has 0 radical (unpaired) electrons. The average molecular weight is 206 g/mol. The Morgan fingerprint density at radius 2 is 2.27 bits per heavy atom. The van der Waals surface area contributed by atoms with E-state index in [1.54, 1.807) is 4.57 Å². The van der Waals surface area contributed by atoms with Crippen LogP contribution in [0.25, 0.3) is 11.2 Å². The van der Waals surface area contributed by atoms with Crippen molar-refractivity contribution in [2.75, 3.05) is 5.73 Å². The molecule has 78 valence electrons. The number of nitrogens with two attached hydrogens (primary N) is 2. The van der Waals surface area contributed by atoms with Gasteiger partial charge in [0.1, 0.15) is 6.33 Å². The number of aromatic nitrogens is 4. The minimum atomic E-state index is -0.603. The number of hydrogen-bond acceptors (Lipinski definition) is 5. The zero-order valence-electron chi connectivity index (χ0n) is 8.14. The monoisotopic (exact) mass is 206 g/mol. The fourth-order valence-corrected chi connectivity index (χ4v) is 1.44. The van der Waals surface area contributed by atoms with Crippen molar-refractivity contribution >= 4 is 22.9 Å². The van der Waals surface area contributed by atoms with Gasteiger partial charge in [0.2, 0.25) is 5.82 Å². The third-order valence-corrected chi connectivity index (χ3v) is 2.10. The molecule has 0 saturated heterocycles. The van der Waals surface area contributed by atoms with Crippen LogP contribution in [-0.2, 0) is 6.54 Å². The molecule has 0 spiro atoms. The maximum absolute atomic E-state index is 11.1. The number of anilines is 1. The Labute approximate surface area is 85.1 Å². The summed E-state index contributed by atoms with van der Waals surface area (Å²) in [4.78, 5) is 22.9. The van der Waals surface area contributed by atoms with Crippen LogP contribution in [0.2, 0.25) is 0 Å². The number of nitrogens with zero attached hydrogens (tertiary/aromatic N) is 4. The van der Waals surface area contributed by atoms with Crippen LogP contribution in [0.1, 0.15) is 17.5 Å². The summed E-state index contributed by atoms with van der Waals surface area (Å²) in [5.74, 6) is -0.205. The number of nitrogen functional groups attached to an aromatic ring is 1. The Morgan fingerprint density at radius 3 is 2.87 bits per heavy atom. The van der Waals surface area contributed by atoms with Crippen molar-refractivity contribution in [1.29, 1.82) is 0 Å². The highest BCUT2D eigenvalue weighted by Crippen LogP contribution is 2.17. The van der Waals surface area contributed by atoms with E-state index in [2.05, 4.69) is 15.0 Å². The molecule has 0 bridgehead atoms. The molecule has 1 amide bonds. The zero-order valence-corrected chi connectivity index (χ0v) is 8.14. The Hall–Kier alpha value is -2.18. The van der Waals surface area contributed by atoms with Gasteiger partial charge in [-0.25, -0.2) is 15.0 Å². The van der Waals surface area contributed by atoms with Crippen LogP contribution < -0.4 is 11.5 Å². The molecule has 0 saturated carbocycles. The number of hydrogen-bond donors (Lipinski definition) is 2. The topological polar surface area (TPSA) is 113 Å². The van der Waals surface area contributed by atoms with E-state index in [-0.39, 0.29) is 11.6 Å². The van der Waals surface area contributed by atoms with E-state index in [1.165, 1.54) is 6.33 Å². The summed E-state index contributed by atoms with van der Waals surface area (Å²) in [6, 6.07) is 0. The third kappa shape index (κ3) is 1.28. The quantitative estimate of drug-likeness (QED) is 0.689. The second kappa shape index (κ2) is 3.19. The van der Waals surface area contributed by atoms with Crippen LogP contribution in [0, 0.1) is 0 Å². The van der Waals surface area contributed by atoms with Gasteiger partial charge in [0.15, 0.2) is 17.0 Å². The molecule has 0 aliphatic rings. The molecule has 0 fully saturated rings. The van der Waals surface area contributed by atoms with Gasteiger partial charge in [-0.05, 0) is 6.92 Å². The summed E-state index contributed by atoms with van der Waals surface area (Å²) in [7, 11) is 0. The smallest absolute Gasteiger partial charge is 0.284 e. The van der Waals surface area contributed by atoms with Crippen molar-refractivity contribution in [3.05, 3.63) is 12.2 Å². The van der Waals surface area contributed by atoms with E-state index in [1.807, 2.05) is 6.92 Å². The lowest BCUT2D eigenvalue weighted by molar-refractivity contribution is 0.0987. The number of imidazole rings is 1. The number of carbonyl (C=O) groups excluding carboxylic acids is 1. The van der Waals surface area contributed by atoms with E-state index in [4.69, 9.17) is 11.5 Å². The summed E-state index contributed by atoms with van der Waals surface area (Å²) < 4.78 is 1.61. The van der Waals surface area contributed by atoms with Gasteiger partial charge in [-0.15, -0.1) is 0 Å². The molecule has 2 aromatic heterocycles. The van der Waals surface area contributed by atoms with E-state index < -0.39 is 5.91 Å². The number of aryl methyl sites for hydroxylation is 1. The number of primary amides is 1. The molecule has 15 heavy (non-hydrogen) atoms. The zero-order chi connectivity index (χ0) is 11.0. The van der Waals surface area contributed by atoms with E-state index >= 15 is 0 Å². The first kappa shape index (κ1) is 9.38. The molecule has 0 atom stereocenters. The highest BCUT2D eigenvalue weighted by Gasteiger charge is 2.16. The summed E-state index contributed by atoms with van der Waals surface area (Å²) in [5.41, 5.74) is 11.7. The van der Waals surface area contributed by atoms with Gasteiger partial charge in [-0.1, -0.05) is 0 Å². The summed E-state index contributed by atoms with van der Waals surface area (Å²) in [6.45, 7) is 2.41. The van der Waals surface area contributed by atoms with E-state index in [0.717, 1.165) is 0 Å². The number of fused-ring (bicyclic) bond motifs is 1. The molecule has 2 rings (SSSR count). The minimum Gasteiger partial charge on any atom is -0.382 e. The van der Waals surface area contributed by atoms with Crippen molar-refractivity contribution in [2.45, 2.75) is 13.5 Å². The molecule has 0 aliphatic heterocycles. The fraction of sp³-hybridized carbons (Fsp3) is 0.250. The minimum absolute atomic E-state index is 0.153. The largest absolute Gasteiger partial charge is 0.382 e. The van der Waals surface area contributed by atoms with E-state index in [0.29, 0.717) is 17.7 Å². The second-order valence-electron chi connectivity index (χ2n) is 2.98. The molecule has 2 heterocycles. The first-order valence-corrected chi connectivity index (χ1v) is 4.41. The molecule has 0 unspecified atom stereocenters. The van der Waals surface area contributed by atoms with Crippen LogP contribution in [0.3, 0.4) is 0 Å². The molecule has 7 heteroatoms. The normalized spacial score (nSPS) is 10.7. The van der Waals surface area contributed by atoms with Crippen LogP contribution in [-0.4, -0.2) is 25.4 Å². The highest BCUT2D eigenvalue weighted by atomic mass is 16.1. The van der Waals surface area contributed by atoms with Crippen LogP contribution >= 0.6 is 0 Å². The van der Waals surface area contributed by atoms with Crippen LogP contribution in [0.5, 0.6) is 0 Å². The molecule has 4 N–H and O–H groups in total. The lowest BCUT2D eigenvalue weighted by Crippen LogP contribution is -2.17. The highest BCUT2D eigenvalue weighted by molar-refractivity contribution is 5.94. The van der Waals surface area contributed by atoms with Crippen LogP contribution in [0.4, 0.5) is 5.82 Å². The number of amides is 1. The van der Waals surface area contributed by atoms with Crippen LogP contribution in [0.15, 0.2) is 6.33 Å². The summed E-state index contributed by atoms with van der Waals surface area (Å²) in [5, 5.41) is 0. The number of carbonyl (C=O) groups is 1. The summed E-state index contributed by atoms with van der Waals surface area (Å²) >= 11 is 0. The Morgan fingerprint density at radius 1 is 1.53 bits per heavy atom. The van der Waals surface area contributed by atoms with Gasteiger partial charge in [-0.3, -0.25) is 4.79 Å². The average Bonchev–Trinajstić information content (AvgIpc) is 2.57. The third-order valence-electron chi connectivity index (χ3n) is 2.10. The molecule has 0 aliphatic carbocycles. The summed E-state index contributed by atoms with van der Waals surface area (Å²) in [6.07, 6.45) is 1.33. The molecular weight excluding hydrogens is 196 g/mol. The molecule has 0 aromatic carbocycles. The van der Waals surface area contributed by atoms with Gasteiger partial charge in [0, 0.05) is 6.54 Å². The van der Waals surface area contributed by atoms with Gasteiger partial charge >= 0.3 is 0 Å². The van der Waals surface area contributed by atoms with Gasteiger partial charge in [-0.2, -0.15) is 0 Å². The standard InChI is InChI=1S/C8H10N6O/c1-2-14-7-4(5(9)11-3-12-7)13-8(14)6(10)15/h3H,2H2,1H3,(H2,10,15)(H2,9,11,12). The van der Waals surface area contributed by atoms with Crippen molar-refractivity contribution < 1.29 is 4.79 Å². The first-order chi connectivity index (χ1) is 7.15.